The maximum atomic E-state index is 7.59. The summed E-state index contributed by atoms with van der Waals surface area (Å²) in [6.07, 6.45) is 16.5. The average Bonchev–Trinajstić information content (AvgIpc) is 3.52. The fraction of sp³-hybridized carbons (Fsp3) is 0.315. The van der Waals surface area contributed by atoms with E-state index < -0.39 is 11.1 Å². The number of hydrogen-bond donors (Lipinski definition) is 0. The van der Waals surface area contributed by atoms with Crippen molar-refractivity contribution in [2.75, 3.05) is 62.1 Å². The van der Waals surface area contributed by atoms with Crippen LogP contribution in [0.25, 0.3) is 43.1 Å². The first-order valence-electron chi connectivity index (χ1n) is 29.4. The van der Waals surface area contributed by atoms with Crippen LogP contribution < -0.4 is 19.4 Å². The highest BCUT2D eigenvalue weighted by atomic mass is 16.5. The number of allylic oxidation sites excluding steroid dienone is 7. The monoisotopic (exact) mass is 1070 g/mol. The van der Waals surface area contributed by atoms with Crippen LogP contribution in [0.3, 0.4) is 0 Å². The summed E-state index contributed by atoms with van der Waals surface area (Å²) in [7, 11) is 6.24. The van der Waals surface area contributed by atoms with Crippen LogP contribution in [0.4, 0.5) is 28.4 Å². The maximum absolute atomic E-state index is 7.59. The molecule has 8 aromatic rings. The molecule has 5 heterocycles. The molecule has 0 aromatic heterocycles. The molecule has 1 spiro atoms. The number of aliphatic imine (C=N–C) groups is 1. The first-order valence-corrected chi connectivity index (χ1v) is 29.4. The molecule has 0 N–H and O–H groups in total. The average molecular weight is 1070 g/mol. The molecule has 1 saturated heterocycles. The van der Waals surface area contributed by atoms with E-state index in [0.717, 1.165) is 73.5 Å². The van der Waals surface area contributed by atoms with E-state index in [1.165, 1.54) is 94.0 Å². The second-order valence-corrected chi connectivity index (χ2v) is 25.0. The van der Waals surface area contributed by atoms with Crippen molar-refractivity contribution < 1.29 is 18.8 Å². The van der Waals surface area contributed by atoms with E-state index in [1.54, 1.807) is 7.11 Å². The summed E-state index contributed by atoms with van der Waals surface area (Å²) >= 11 is 0. The lowest BCUT2D eigenvalue weighted by atomic mass is 9.75. The fourth-order valence-corrected chi connectivity index (χ4v) is 15.4. The highest BCUT2D eigenvalue weighted by molar-refractivity contribution is 6.09. The Morgan fingerprint density at radius 1 is 0.654 bits per heavy atom. The van der Waals surface area contributed by atoms with E-state index in [4.69, 9.17) is 19.2 Å². The molecule has 8 heteroatoms. The van der Waals surface area contributed by atoms with Gasteiger partial charge in [0.25, 0.3) is 0 Å². The number of fused-ring (bicyclic) bond motifs is 12. The van der Waals surface area contributed by atoms with Gasteiger partial charge in [-0.2, -0.15) is 4.58 Å². The third-order valence-corrected chi connectivity index (χ3v) is 19.4. The zero-order valence-corrected chi connectivity index (χ0v) is 48.6. The van der Waals surface area contributed by atoms with Crippen LogP contribution in [0.5, 0.6) is 5.75 Å². The Hall–Kier alpha value is -7.94. The minimum absolute atomic E-state index is 0.0406. The Balaban J connectivity index is 0.799. The highest BCUT2D eigenvalue weighted by Crippen LogP contribution is 2.58. The number of benzene rings is 8. The third-order valence-electron chi connectivity index (χ3n) is 19.4. The quantitative estimate of drug-likeness (QED) is 0.134. The lowest BCUT2D eigenvalue weighted by Crippen LogP contribution is -2.62. The predicted molar refractivity (Wildman–Crippen MR) is 337 cm³/mol. The molecule has 81 heavy (non-hydrogen) atoms. The summed E-state index contributed by atoms with van der Waals surface area (Å²) < 4.78 is 23.3. The molecule has 1 unspecified atom stereocenters. The Kier molecular flexibility index (Phi) is 12.1. The molecular formula is C73H74N5O3+. The standard InChI is InChI=1S/C73H74N5O3/c1-70(2)63(75(7)58-34-29-47-19-10-13-24-53(47)65(58)70)37-32-50-22-18-23-51(33-38-64-71(3,4)66-54-25-14-11-20-48(54)30-35-59(66)76(64)8)69(50)80-52-39-41-77(42-40-52)61-45-62-68(57-28-17-16-27-56(57)61)74-46-73(81-62)72(5,6)67-55-26-15-12-21-49(55)31-36-60(67)78(73)43-44-79-9/h10-17,19-21,24-38,45-46,52H,18,22-23,39-44H2,1-9H3/q+1. The Labute approximate surface area is 477 Å². The van der Waals surface area contributed by atoms with Crippen LogP contribution in [-0.4, -0.2) is 75.8 Å². The van der Waals surface area contributed by atoms with Crippen molar-refractivity contribution in [3.63, 3.8) is 0 Å². The minimum atomic E-state index is -0.881. The molecule has 1 atom stereocenters. The van der Waals surface area contributed by atoms with Crippen LogP contribution in [0.1, 0.15) is 90.3 Å². The van der Waals surface area contributed by atoms with Crippen molar-refractivity contribution in [1.29, 1.82) is 0 Å². The van der Waals surface area contributed by atoms with E-state index in [0.29, 0.717) is 13.2 Å². The zero-order chi connectivity index (χ0) is 55.6. The fourth-order valence-electron chi connectivity index (χ4n) is 15.4. The topological polar surface area (TPSA) is 52.8 Å². The summed E-state index contributed by atoms with van der Waals surface area (Å²) in [6, 6.07) is 51.0. The van der Waals surface area contributed by atoms with Gasteiger partial charge in [-0.3, -0.25) is 4.99 Å². The van der Waals surface area contributed by atoms with E-state index in [1.807, 2.05) is 0 Å². The van der Waals surface area contributed by atoms with Crippen LogP contribution in [0.2, 0.25) is 0 Å². The molecule has 8 nitrogen and oxygen atoms in total. The number of likely N-dealkylation sites (N-methyl/N-ethyl adjacent to an activating group) is 1. The van der Waals surface area contributed by atoms with Crippen LogP contribution in [-0.2, 0) is 25.7 Å². The number of anilines is 3. The lowest BCUT2D eigenvalue weighted by Gasteiger charge is -2.46. The van der Waals surface area contributed by atoms with Crippen LogP contribution >= 0.6 is 0 Å². The molecule has 0 amide bonds. The number of piperidine rings is 1. The van der Waals surface area contributed by atoms with Crippen LogP contribution in [0, 0.1) is 0 Å². The van der Waals surface area contributed by atoms with Gasteiger partial charge in [0, 0.05) is 109 Å². The van der Waals surface area contributed by atoms with E-state index in [2.05, 4.69) is 245 Å². The van der Waals surface area contributed by atoms with Crippen molar-refractivity contribution in [3.8, 4) is 5.75 Å². The molecule has 6 aliphatic rings. The number of methoxy groups -OCH3 is 1. The van der Waals surface area contributed by atoms with Crippen molar-refractivity contribution in [3.05, 3.63) is 203 Å². The van der Waals surface area contributed by atoms with Gasteiger partial charge in [0.1, 0.15) is 24.6 Å². The van der Waals surface area contributed by atoms with E-state index in [9.17, 15) is 0 Å². The molecule has 0 saturated carbocycles. The van der Waals surface area contributed by atoms with Gasteiger partial charge >= 0.3 is 0 Å². The summed E-state index contributed by atoms with van der Waals surface area (Å²) in [5.74, 6) is 1.86. The molecule has 5 aliphatic heterocycles. The van der Waals surface area contributed by atoms with Gasteiger partial charge in [0.2, 0.25) is 11.4 Å². The molecule has 1 fully saturated rings. The summed E-state index contributed by atoms with van der Waals surface area (Å²) in [6.45, 7) is 17.1. The Morgan fingerprint density at radius 3 is 1.96 bits per heavy atom. The van der Waals surface area contributed by atoms with Gasteiger partial charge in [0.05, 0.1) is 23.7 Å². The second kappa shape index (κ2) is 19.1. The van der Waals surface area contributed by atoms with E-state index in [-0.39, 0.29) is 16.9 Å². The number of ether oxygens (including phenoxy) is 3. The van der Waals surface area contributed by atoms with Gasteiger partial charge in [-0.25, -0.2) is 0 Å². The lowest BCUT2D eigenvalue weighted by molar-refractivity contribution is -0.401. The Bertz CT molecular complexity index is 4130. The van der Waals surface area contributed by atoms with Crippen molar-refractivity contribution in [2.45, 2.75) is 102 Å². The first-order chi connectivity index (χ1) is 39.2. The molecule has 8 aromatic carbocycles. The van der Waals surface area contributed by atoms with Gasteiger partial charge < -0.3 is 28.9 Å². The predicted octanol–water partition coefficient (Wildman–Crippen LogP) is 16.5. The van der Waals surface area contributed by atoms with Crippen LogP contribution in [0.15, 0.2) is 191 Å². The number of hydrogen-bond acceptors (Lipinski definition) is 7. The van der Waals surface area contributed by atoms with Crippen molar-refractivity contribution >= 4 is 83.5 Å². The number of nitrogens with zero attached hydrogens (tertiary/aromatic N) is 5. The largest absolute Gasteiger partial charge is 0.490 e. The van der Waals surface area contributed by atoms with Gasteiger partial charge in [0.15, 0.2) is 11.5 Å². The molecule has 0 bridgehead atoms. The van der Waals surface area contributed by atoms with Crippen molar-refractivity contribution in [1.82, 2.24) is 0 Å². The first kappa shape index (κ1) is 51.2. The number of rotatable bonds is 9. The maximum Gasteiger partial charge on any atom is 0.229 e. The summed E-state index contributed by atoms with van der Waals surface area (Å²) in [5.41, 5.74) is 13.2. The minimum Gasteiger partial charge on any atom is -0.490 e. The summed E-state index contributed by atoms with van der Waals surface area (Å²) in [5, 5.41) is 9.97. The molecule has 408 valence electrons. The molecular weight excluding hydrogens is 995 g/mol. The highest BCUT2D eigenvalue weighted by Gasteiger charge is 2.60. The smallest absolute Gasteiger partial charge is 0.229 e. The zero-order valence-electron chi connectivity index (χ0n) is 48.6. The molecule has 14 rings (SSSR count). The second-order valence-electron chi connectivity index (χ2n) is 25.0. The van der Waals surface area contributed by atoms with Gasteiger partial charge in [-0.05, 0) is 132 Å². The van der Waals surface area contributed by atoms with Gasteiger partial charge in [-0.15, -0.1) is 0 Å². The van der Waals surface area contributed by atoms with E-state index >= 15 is 0 Å². The van der Waals surface area contributed by atoms with Gasteiger partial charge in [-0.1, -0.05) is 129 Å². The SMILES string of the molecule is COCCN1c2ccc3ccccc3c2C(C)(C)C12C=Nc1c(cc(N3CCC(OC4=C(/C=C/C5=[N+](C)c6ccc7ccccc7c6C5(C)C)CCC/C4=C\C=C4\N(C)c5ccc6ccccc6c5C4(C)C)CC3)c3ccccc13)O2. The third kappa shape index (κ3) is 7.79. The molecule has 1 aliphatic carbocycles. The molecule has 0 radical (unpaired) electrons. The Morgan fingerprint density at radius 2 is 1.27 bits per heavy atom. The normalized spacial score (nSPS) is 21.9. The van der Waals surface area contributed by atoms with Crippen molar-refractivity contribution in [2.24, 2.45) is 4.99 Å². The summed E-state index contributed by atoms with van der Waals surface area (Å²) in [4.78, 5) is 12.8.